The fourth-order valence-corrected chi connectivity index (χ4v) is 2.97. The zero-order chi connectivity index (χ0) is 7.19. The minimum absolute atomic E-state index is 0.531. The second-order valence-electron chi connectivity index (χ2n) is 4.44. The molecule has 1 heteroatoms. The Morgan fingerprint density at radius 1 is 1.50 bits per heavy atom. The Morgan fingerprint density at radius 3 is 2.60 bits per heavy atom. The third kappa shape index (κ3) is 0.731. The lowest BCUT2D eigenvalue weighted by Crippen LogP contribution is -2.32. The van der Waals surface area contributed by atoms with E-state index in [-0.39, 0.29) is 0 Å². The van der Waals surface area contributed by atoms with Gasteiger partial charge in [-0.1, -0.05) is 13.3 Å². The van der Waals surface area contributed by atoms with Gasteiger partial charge in [0.25, 0.3) is 0 Å². The normalized spacial score (nSPS) is 52.2. The molecule has 2 N–H and O–H groups in total. The van der Waals surface area contributed by atoms with Crippen LogP contribution in [0.2, 0.25) is 0 Å². The fourth-order valence-electron chi connectivity index (χ4n) is 2.97. The summed E-state index contributed by atoms with van der Waals surface area (Å²) in [6, 6.07) is 0. The summed E-state index contributed by atoms with van der Waals surface area (Å²) in [5.74, 6) is 2.01. The maximum atomic E-state index is 5.75. The van der Waals surface area contributed by atoms with Crippen molar-refractivity contribution in [1.29, 1.82) is 0 Å². The molecule has 0 unspecified atom stereocenters. The number of hydrogen-bond acceptors (Lipinski definition) is 1. The van der Waals surface area contributed by atoms with Crippen LogP contribution in [0.15, 0.2) is 0 Å². The Labute approximate surface area is 63.0 Å². The predicted octanol–water partition coefficient (Wildman–Crippen LogP) is 1.77. The molecule has 0 saturated heterocycles. The highest BCUT2D eigenvalue weighted by Gasteiger charge is 2.46. The van der Waals surface area contributed by atoms with Crippen molar-refractivity contribution in [2.24, 2.45) is 23.0 Å². The molecule has 2 rings (SSSR count). The van der Waals surface area contributed by atoms with E-state index in [0.717, 1.165) is 18.4 Å². The highest BCUT2D eigenvalue weighted by molar-refractivity contribution is 4.98. The molecule has 2 saturated carbocycles. The smallest absolute Gasteiger partial charge is 0.00204 e. The molecule has 1 nitrogen and oxygen atoms in total. The lowest BCUT2D eigenvalue weighted by molar-refractivity contribution is 0.200. The van der Waals surface area contributed by atoms with Crippen LogP contribution in [-0.2, 0) is 0 Å². The van der Waals surface area contributed by atoms with Crippen LogP contribution in [0, 0.1) is 17.3 Å². The summed E-state index contributed by atoms with van der Waals surface area (Å²) in [5, 5.41) is 0. The number of hydrogen-bond donors (Lipinski definition) is 1. The van der Waals surface area contributed by atoms with Crippen LogP contribution < -0.4 is 5.73 Å². The van der Waals surface area contributed by atoms with Gasteiger partial charge >= 0.3 is 0 Å². The van der Waals surface area contributed by atoms with Crippen LogP contribution in [0.4, 0.5) is 0 Å². The molecule has 3 atom stereocenters. The second kappa shape index (κ2) is 1.97. The van der Waals surface area contributed by atoms with E-state index >= 15 is 0 Å². The van der Waals surface area contributed by atoms with E-state index in [1.165, 1.54) is 25.7 Å². The topological polar surface area (TPSA) is 26.0 Å². The molecule has 0 amide bonds. The summed E-state index contributed by atoms with van der Waals surface area (Å²) >= 11 is 0. The zero-order valence-electron chi connectivity index (χ0n) is 6.77. The third-order valence-electron chi connectivity index (χ3n) is 3.75. The van der Waals surface area contributed by atoms with E-state index in [1.807, 2.05) is 0 Å². The molecule has 0 radical (unpaired) electrons. The third-order valence-corrected chi connectivity index (χ3v) is 3.75. The highest BCUT2D eigenvalue weighted by atomic mass is 14.6. The van der Waals surface area contributed by atoms with E-state index in [4.69, 9.17) is 5.73 Å². The number of rotatable bonds is 1. The van der Waals surface area contributed by atoms with Crippen LogP contribution >= 0.6 is 0 Å². The summed E-state index contributed by atoms with van der Waals surface area (Å²) in [7, 11) is 0. The van der Waals surface area contributed by atoms with Gasteiger partial charge in [0.2, 0.25) is 0 Å². The largest absolute Gasteiger partial charge is 0.330 e. The monoisotopic (exact) mass is 139 g/mol. The van der Waals surface area contributed by atoms with Gasteiger partial charge < -0.3 is 5.73 Å². The maximum Gasteiger partial charge on any atom is -0.00204 e. The van der Waals surface area contributed by atoms with Crippen molar-refractivity contribution in [3.8, 4) is 0 Å². The van der Waals surface area contributed by atoms with Crippen LogP contribution in [0.5, 0.6) is 0 Å². The van der Waals surface area contributed by atoms with Crippen molar-refractivity contribution in [3.05, 3.63) is 0 Å². The first-order chi connectivity index (χ1) is 4.74. The quantitative estimate of drug-likeness (QED) is 0.588. The van der Waals surface area contributed by atoms with Crippen molar-refractivity contribution in [2.75, 3.05) is 6.54 Å². The maximum absolute atomic E-state index is 5.75. The average Bonchev–Trinajstić information content (AvgIpc) is 2.46. The first kappa shape index (κ1) is 6.66. The van der Waals surface area contributed by atoms with E-state index in [1.54, 1.807) is 0 Å². The second-order valence-corrected chi connectivity index (χ2v) is 4.44. The van der Waals surface area contributed by atoms with E-state index < -0.39 is 0 Å². The lowest BCUT2D eigenvalue weighted by Gasteiger charge is -2.32. The molecule has 10 heavy (non-hydrogen) atoms. The summed E-state index contributed by atoms with van der Waals surface area (Å²) in [6.07, 6.45) is 5.83. The van der Waals surface area contributed by atoms with Crippen molar-refractivity contribution < 1.29 is 0 Å². The van der Waals surface area contributed by atoms with Crippen LogP contribution in [0.1, 0.15) is 32.6 Å². The molecule has 0 aromatic rings. The Morgan fingerprint density at radius 2 is 2.30 bits per heavy atom. The Bertz CT molecular complexity index is 144. The standard InChI is InChI=1S/C9H17N/c1-9(6-10)5-7-2-3-8(9)4-7/h7-8H,2-6,10H2,1H3/t7-,8+,9-/m0/s1. The van der Waals surface area contributed by atoms with Gasteiger partial charge in [0, 0.05) is 0 Å². The Hall–Kier alpha value is -0.0400. The van der Waals surface area contributed by atoms with Gasteiger partial charge in [-0.15, -0.1) is 0 Å². The molecule has 2 aliphatic carbocycles. The molecule has 0 heterocycles. The van der Waals surface area contributed by atoms with Crippen LogP contribution in [-0.4, -0.2) is 6.54 Å². The summed E-state index contributed by atoms with van der Waals surface area (Å²) in [6.45, 7) is 3.28. The van der Waals surface area contributed by atoms with Gasteiger partial charge in [-0.2, -0.15) is 0 Å². The minimum Gasteiger partial charge on any atom is -0.330 e. The molecule has 2 aliphatic rings. The van der Waals surface area contributed by atoms with Gasteiger partial charge in [-0.3, -0.25) is 0 Å². The van der Waals surface area contributed by atoms with Gasteiger partial charge in [-0.25, -0.2) is 0 Å². The van der Waals surface area contributed by atoms with E-state index in [0.29, 0.717) is 5.41 Å². The molecule has 0 aliphatic heterocycles. The van der Waals surface area contributed by atoms with Crippen molar-refractivity contribution in [1.82, 2.24) is 0 Å². The molecule has 2 bridgehead atoms. The van der Waals surface area contributed by atoms with Crippen molar-refractivity contribution in [2.45, 2.75) is 32.6 Å². The van der Waals surface area contributed by atoms with Crippen LogP contribution in [0.25, 0.3) is 0 Å². The molecule has 0 spiro atoms. The number of nitrogens with two attached hydrogens (primary N) is 1. The minimum atomic E-state index is 0.531. The van der Waals surface area contributed by atoms with Crippen molar-refractivity contribution >= 4 is 0 Å². The average molecular weight is 139 g/mol. The molecule has 0 aromatic heterocycles. The first-order valence-electron chi connectivity index (χ1n) is 4.45. The summed E-state index contributed by atoms with van der Waals surface area (Å²) in [4.78, 5) is 0. The Balaban J connectivity index is 2.14. The van der Waals surface area contributed by atoms with Gasteiger partial charge in [0.15, 0.2) is 0 Å². The summed E-state index contributed by atoms with van der Waals surface area (Å²) < 4.78 is 0. The predicted molar refractivity (Wildman–Crippen MR) is 42.6 cm³/mol. The fraction of sp³-hybridized carbons (Fsp3) is 1.00. The first-order valence-corrected chi connectivity index (χ1v) is 4.45. The molecular formula is C9H17N. The highest BCUT2D eigenvalue weighted by Crippen LogP contribution is 2.54. The summed E-state index contributed by atoms with van der Waals surface area (Å²) in [5.41, 5.74) is 6.29. The number of fused-ring (bicyclic) bond motifs is 2. The van der Waals surface area contributed by atoms with E-state index in [2.05, 4.69) is 6.92 Å². The SMILES string of the molecule is C[C@@]1(CN)C[C@H]2CC[C@@H]1C2. The molecule has 2 fully saturated rings. The van der Waals surface area contributed by atoms with Gasteiger partial charge in [0.05, 0.1) is 0 Å². The molecular weight excluding hydrogens is 122 g/mol. The van der Waals surface area contributed by atoms with Gasteiger partial charge in [-0.05, 0) is 43.1 Å². The zero-order valence-corrected chi connectivity index (χ0v) is 6.77. The van der Waals surface area contributed by atoms with Crippen LogP contribution in [0.3, 0.4) is 0 Å². The molecule has 58 valence electrons. The molecule has 0 aromatic carbocycles. The van der Waals surface area contributed by atoms with Crippen molar-refractivity contribution in [3.63, 3.8) is 0 Å². The lowest BCUT2D eigenvalue weighted by atomic mass is 9.75. The van der Waals surface area contributed by atoms with Gasteiger partial charge in [0.1, 0.15) is 0 Å². The Kier molecular flexibility index (Phi) is 1.31. The van der Waals surface area contributed by atoms with E-state index in [9.17, 15) is 0 Å².